The van der Waals surface area contributed by atoms with Gasteiger partial charge in [0, 0.05) is 16.5 Å². The Bertz CT molecular complexity index is 2040. The molecule has 174 valence electrons. The van der Waals surface area contributed by atoms with Crippen LogP contribution in [0.2, 0.25) is 0 Å². The van der Waals surface area contributed by atoms with Crippen molar-refractivity contribution in [2.45, 2.75) is 13.3 Å². The van der Waals surface area contributed by atoms with E-state index in [1.165, 1.54) is 76.5 Å². The molecule has 0 radical (unpaired) electrons. The summed E-state index contributed by atoms with van der Waals surface area (Å²) in [6, 6.07) is 44.9. The van der Waals surface area contributed by atoms with Gasteiger partial charge < -0.3 is 4.57 Å². The Morgan fingerprint density at radius 2 is 1.11 bits per heavy atom. The fourth-order valence-electron chi connectivity index (χ4n) is 6.33. The second kappa shape index (κ2) is 7.69. The fourth-order valence-corrected chi connectivity index (χ4v) is 6.33. The van der Waals surface area contributed by atoms with E-state index < -0.39 is 0 Å². The molecule has 0 atom stereocenters. The minimum atomic E-state index is 1.06. The topological polar surface area (TPSA) is 4.93 Å². The summed E-state index contributed by atoms with van der Waals surface area (Å²) < 4.78 is 2.38. The number of hydrogen-bond acceptors (Lipinski definition) is 0. The van der Waals surface area contributed by atoms with Crippen molar-refractivity contribution in [3.05, 3.63) is 127 Å². The Morgan fingerprint density at radius 3 is 1.78 bits per heavy atom. The van der Waals surface area contributed by atoms with Crippen molar-refractivity contribution < 1.29 is 0 Å². The predicted octanol–water partition coefficient (Wildman–Crippen LogP) is 9.91. The van der Waals surface area contributed by atoms with Gasteiger partial charge in [0.1, 0.15) is 0 Å². The molecule has 0 aliphatic heterocycles. The number of hydrogen-bond donors (Lipinski definition) is 0. The van der Waals surface area contributed by atoms with Gasteiger partial charge in [-0.2, -0.15) is 0 Å². The maximum absolute atomic E-state index is 2.38. The van der Waals surface area contributed by atoms with Crippen LogP contribution in [0.1, 0.15) is 12.5 Å². The Kier molecular flexibility index (Phi) is 4.27. The third kappa shape index (κ3) is 2.92. The zero-order chi connectivity index (χ0) is 24.5. The summed E-state index contributed by atoms with van der Waals surface area (Å²) in [4.78, 5) is 0. The molecule has 1 aromatic heterocycles. The molecule has 0 bridgehead atoms. The Morgan fingerprint density at radius 1 is 0.514 bits per heavy atom. The van der Waals surface area contributed by atoms with Crippen molar-refractivity contribution in [2.24, 2.45) is 0 Å². The normalized spacial score (nSPS) is 12.0. The van der Waals surface area contributed by atoms with Gasteiger partial charge in [0.2, 0.25) is 0 Å². The molecular weight excluding hydrogens is 446 g/mol. The lowest BCUT2D eigenvalue weighted by molar-refractivity contribution is 1.15. The summed E-state index contributed by atoms with van der Waals surface area (Å²) in [6.45, 7) is 2.23. The van der Waals surface area contributed by atoms with E-state index in [1.807, 2.05) is 0 Å². The molecular formula is C36H25N. The highest BCUT2D eigenvalue weighted by molar-refractivity contribution is 6.25. The van der Waals surface area contributed by atoms with Gasteiger partial charge in [0.25, 0.3) is 0 Å². The Hall–Kier alpha value is -4.62. The maximum atomic E-state index is 2.38. The van der Waals surface area contributed by atoms with E-state index in [1.54, 1.807) is 0 Å². The third-order valence-electron chi connectivity index (χ3n) is 8.08. The fraction of sp³-hybridized carbons (Fsp3) is 0.0556. The number of fused-ring (bicyclic) bond motifs is 3. The zero-order valence-electron chi connectivity index (χ0n) is 20.7. The molecule has 1 heterocycles. The summed E-state index contributed by atoms with van der Waals surface area (Å²) in [5.41, 5.74) is 7.60. The van der Waals surface area contributed by atoms with Crippen LogP contribution >= 0.6 is 0 Å². The number of aryl methyl sites for hydroxylation is 1. The number of aromatic nitrogens is 1. The molecule has 8 rings (SSSR count). The molecule has 1 nitrogen and oxygen atoms in total. The number of para-hydroxylation sites is 2. The minimum Gasteiger partial charge on any atom is -0.309 e. The van der Waals surface area contributed by atoms with Crippen molar-refractivity contribution in [3.8, 4) is 16.8 Å². The highest BCUT2D eigenvalue weighted by Crippen LogP contribution is 2.40. The van der Waals surface area contributed by atoms with Crippen LogP contribution in [0.5, 0.6) is 0 Å². The van der Waals surface area contributed by atoms with E-state index >= 15 is 0 Å². The molecule has 37 heavy (non-hydrogen) atoms. The lowest BCUT2D eigenvalue weighted by atomic mass is 9.89. The van der Waals surface area contributed by atoms with Gasteiger partial charge in [-0.1, -0.05) is 104 Å². The van der Waals surface area contributed by atoms with Gasteiger partial charge in [0.15, 0.2) is 0 Å². The van der Waals surface area contributed by atoms with E-state index in [0.717, 1.165) is 6.42 Å². The highest BCUT2D eigenvalue weighted by atomic mass is 15.0. The Balaban J connectivity index is 1.32. The number of benzene rings is 7. The molecule has 8 aromatic rings. The maximum Gasteiger partial charge on any atom is 0.0541 e. The molecule has 0 aliphatic rings. The second-order valence-electron chi connectivity index (χ2n) is 10.1. The van der Waals surface area contributed by atoms with Gasteiger partial charge in [-0.05, 0) is 79.7 Å². The lowest BCUT2D eigenvalue weighted by Gasteiger charge is -2.15. The molecule has 0 unspecified atom stereocenters. The molecule has 0 fully saturated rings. The first-order chi connectivity index (χ1) is 18.3. The van der Waals surface area contributed by atoms with Crippen molar-refractivity contribution in [1.82, 2.24) is 4.57 Å². The lowest BCUT2D eigenvalue weighted by Crippen LogP contribution is -1.94. The van der Waals surface area contributed by atoms with Crippen molar-refractivity contribution in [1.29, 1.82) is 0 Å². The Labute approximate surface area is 215 Å². The average Bonchev–Trinajstić information content (AvgIpc) is 3.30. The molecule has 0 saturated heterocycles. The largest absolute Gasteiger partial charge is 0.309 e. The van der Waals surface area contributed by atoms with E-state index in [-0.39, 0.29) is 0 Å². The minimum absolute atomic E-state index is 1.06. The molecule has 0 saturated carbocycles. The first kappa shape index (κ1) is 20.6. The van der Waals surface area contributed by atoms with Crippen LogP contribution in [0.4, 0.5) is 0 Å². The van der Waals surface area contributed by atoms with E-state index in [2.05, 4.69) is 133 Å². The van der Waals surface area contributed by atoms with Crippen LogP contribution in [0.3, 0.4) is 0 Å². The van der Waals surface area contributed by atoms with Crippen molar-refractivity contribution >= 4 is 54.1 Å². The van der Waals surface area contributed by atoms with Crippen LogP contribution in [0, 0.1) is 0 Å². The zero-order valence-corrected chi connectivity index (χ0v) is 20.7. The van der Waals surface area contributed by atoms with Crippen molar-refractivity contribution in [2.75, 3.05) is 0 Å². The highest BCUT2D eigenvalue weighted by Gasteiger charge is 2.14. The summed E-state index contributed by atoms with van der Waals surface area (Å²) >= 11 is 0. The van der Waals surface area contributed by atoms with Crippen LogP contribution in [-0.4, -0.2) is 4.57 Å². The third-order valence-corrected chi connectivity index (χ3v) is 8.08. The quantitative estimate of drug-likeness (QED) is 0.226. The van der Waals surface area contributed by atoms with Gasteiger partial charge in [-0.25, -0.2) is 0 Å². The molecule has 0 aliphatic carbocycles. The van der Waals surface area contributed by atoms with Gasteiger partial charge in [-0.15, -0.1) is 0 Å². The summed E-state index contributed by atoms with van der Waals surface area (Å²) in [5, 5.41) is 10.7. The SMILES string of the molecule is CCc1cc2ccc3ccc(-c4ccc(-n5c6ccccc6c6ccccc65)cc4)c4ccc(c1)c2c34. The van der Waals surface area contributed by atoms with E-state index in [4.69, 9.17) is 0 Å². The van der Waals surface area contributed by atoms with Crippen molar-refractivity contribution in [3.63, 3.8) is 0 Å². The summed E-state index contributed by atoms with van der Waals surface area (Å²) in [7, 11) is 0. The molecule has 0 N–H and O–H groups in total. The molecule has 1 heteroatoms. The first-order valence-electron chi connectivity index (χ1n) is 13.1. The van der Waals surface area contributed by atoms with Gasteiger partial charge in [0.05, 0.1) is 11.0 Å². The number of nitrogens with zero attached hydrogens (tertiary/aromatic N) is 1. The predicted molar refractivity (Wildman–Crippen MR) is 159 cm³/mol. The second-order valence-corrected chi connectivity index (χ2v) is 10.1. The van der Waals surface area contributed by atoms with Crippen LogP contribution in [-0.2, 0) is 6.42 Å². The molecule has 7 aromatic carbocycles. The van der Waals surface area contributed by atoms with Crippen LogP contribution in [0.25, 0.3) is 70.9 Å². The standard InChI is InChI=1S/C36H25N/c1-2-23-21-26-12-11-25-15-19-29(32-20-16-27(22-23)35(26)36(25)32)24-13-17-28(18-14-24)37-33-9-5-3-7-30(33)31-8-4-6-10-34(31)37/h3-22H,2H2,1H3. The first-order valence-corrected chi connectivity index (χ1v) is 13.1. The molecule has 0 spiro atoms. The monoisotopic (exact) mass is 471 g/mol. The molecule has 0 amide bonds. The summed E-state index contributed by atoms with van der Waals surface area (Å²) in [6.07, 6.45) is 1.06. The van der Waals surface area contributed by atoms with Crippen LogP contribution in [0.15, 0.2) is 121 Å². The smallest absolute Gasteiger partial charge is 0.0541 e. The van der Waals surface area contributed by atoms with Crippen LogP contribution < -0.4 is 0 Å². The average molecular weight is 472 g/mol. The van der Waals surface area contributed by atoms with E-state index in [0.29, 0.717) is 0 Å². The van der Waals surface area contributed by atoms with E-state index in [9.17, 15) is 0 Å². The van der Waals surface area contributed by atoms with Gasteiger partial charge in [-0.3, -0.25) is 0 Å². The number of rotatable bonds is 3. The van der Waals surface area contributed by atoms with Gasteiger partial charge >= 0.3 is 0 Å². The summed E-state index contributed by atoms with van der Waals surface area (Å²) in [5.74, 6) is 0.